The Morgan fingerprint density at radius 2 is 1.97 bits per heavy atom. The van der Waals surface area contributed by atoms with Gasteiger partial charge in [0.15, 0.2) is 0 Å². The number of rotatable bonds is 6. The van der Waals surface area contributed by atoms with Gasteiger partial charge in [-0.2, -0.15) is 0 Å². The number of nitrogens with zero attached hydrogens (tertiary/aromatic N) is 3. The zero-order valence-corrected chi connectivity index (χ0v) is 20.3. The minimum Gasteiger partial charge on any atom is -0.755 e. The molecular formula is C25H29N4O4S-. The van der Waals surface area contributed by atoms with Crippen LogP contribution in [-0.4, -0.2) is 36.9 Å². The number of aromatic nitrogens is 2. The summed E-state index contributed by atoms with van der Waals surface area (Å²) in [5.74, 6) is 0.241. The zero-order chi connectivity index (χ0) is 23.8. The van der Waals surface area contributed by atoms with Gasteiger partial charge in [0.25, 0.3) is 0 Å². The van der Waals surface area contributed by atoms with Crippen molar-refractivity contribution in [2.75, 3.05) is 4.31 Å². The molecule has 5 rings (SSSR count). The normalized spacial score (nSPS) is 21.7. The van der Waals surface area contributed by atoms with E-state index in [1.54, 1.807) is 12.3 Å². The van der Waals surface area contributed by atoms with Crippen molar-refractivity contribution in [3.63, 3.8) is 0 Å². The maximum atomic E-state index is 13.2. The molecule has 9 heteroatoms. The molecule has 2 aromatic heterocycles. The zero-order valence-electron chi connectivity index (χ0n) is 19.5. The Kier molecular flexibility index (Phi) is 6.40. The molecule has 0 bridgehead atoms. The van der Waals surface area contributed by atoms with E-state index in [1.165, 1.54) is 4.31 Å². The molecule has 1 aromatic carbocycles. The van der Waals surface area contributed by atoms with Gasteiger partial charge in [0, 0.05) is 34.5 Å². The van der Waals surface area contributed by atoms with Gasteiger partial charge in [0.05, 0.1) is 28.9 Å². The van der Waals surface area contributed by atoms with Crippen molar-refractivity contribution < 1.29 is 18.1 Å². The van der Waals surface area contributed by atoms with Gasteiger partial charge >= 0.3 is 0 Å². The average Bonchev–Trinajstić information content (AvgIpc) is 3.56. The lowest BCUT2D eigenvalue weighted by molar-refractivity contribution is -0.125. The summed E-state index contributed by atoms with van der Waals surface area (Å²) in [6.07, 6.45) is 8.05. The molecule has 0 radical (unpaired) electrons. The number of anilines is 1. The molecule has 3 atom stereocenters. The fourth-order valence-electron chi connectivity index (χ4n) is 5.66. The lowest BCUT2D eigenvalue weighted by Crippen LogP contribution is -2.47. The van der Waals surface area contributed by atoms with Crippen molar-refractivity contribution in [1.82, 2.24) is 15.5 Å². The molecule has 2 aliphatic rings. The van der Waals surface area contributed by atoms with Crippen molar-refractivity contribution in [1.29, 1.82) is 0 Å². The Labute approximate surface area is 201 Å². The maximum absolute atomic E-state index is 13.2. The lowest BCUT2D eigenvalue weighted by atomic mass is 9.98. The number of carbonyl (C=O) groups excluding carboxylic acids is 1. The Bertz CT molecular complexity index is 1220. The summed E-state index contributed by atoms with van der Waals surface area (Å²) in [6, 6.07) is 7.21. The van der Waals surface area contributed by atoms with Gasteiger partial charge in [-0.1, -0.05) is 24.4 Å². The van der Waals surface area contributed by atoms with Crippen LogP contribution in [0.2, 0.25) is 0 Å². The second-order valence-electron chi connectivity index (χ2n) is 9.40. The molecule has 180 valence electrons. The highest BCUT2D eigenvalue weighted by molar-refractivity contribution is 7.80. The highest BCUT2D eigenvalue weighted by Crippen LogP contribution is 2.40. The molecule has 3 aromatic rings. The van der Waals surface area contributed by atoms with Crippen LogP contribution in [0.3, 0.4) is 0 Å². The molecule has 0 spiro atoms. The second-order valence-corrected chi connectivity index (χ2v) is 10.2. The monoisotopic (exact) mass is 481 g/mol. The van der Waals surface area contributed by atoms with E-state index in [-0.39, 0.29) is 17.9 Å². The smallest absolute Gasteiger partial charge is 0.225 e. The highest BCUT2D eigenvalue weighted by Gasteiger charge is 2.39. The highest BCUT2D eigenvalue weighted by atomic mass is 32.2. The number of hydrogen-bond donors (Lipinski definition) is 1. The van der Waals surface area contributed by atoms with Crippen molar-refractivity contribution >= 4 is 33.8 Å². The SMILES string of the molecule is Cc1noc(C)c1-c1cc(N([C@@H]2CCC[C@@H]2C(=O)NC2CCCC2)S(=O)[O-])c2cccnc2c1. The van der Waals surface area contributed by atoms with Crippen LogP contribution in [-0.2, 0) is 16.1 Å². The summed E-state index contributed by atoms with van der Waals surface area (Å²) in [7, 11) is 0. The molecule has 1 amide bonds. The first kappa shape index (κ1) is 23.0. The second kappa shape index (κ2) is 9.46. The molecule has 34 heavy (non-hydrogen) atoms. The third-order valence-corrected chi connectivity index (χ3v) is 8.03. The van der Waals surface area contributed by atoms with Crippen LogP contribution in [0.15, 0.2) is 35.0 Å². The van der Waals surface area contributed by atoms with Gasteiger partial charge < -0.3 is 14.4 Å². The molecule has 2 saturated carbocycles. The third kappa shape index (κ3) is 4.22. The Morgan fingerprint density at radius 3 is 2.68 bits per heavy atom. The van der Waals surface area contributed by atoms with Crippen LogP contribution in [0.5, 0.6) is 0 Å². The minimum absolute atomic E-state index is 0.0332. The van der Waals surface area contributed by atoms with E-state index in [1.807, 2.05) is 32.0 Å². The molecule has 2 fully saturated rings. The van der Waals surface area contributed by atoms with Crippen LogP contribution in [0.4, 0.5) is 5.69 Å². The van der Waals surface area contributed by atoms with Gasteiger partial charge in [-0.15, -0.1) is 0 Å². The van der Waals surface area contributed by atoms with Gasteiger partial charge in [0.2, 0.25) is 5.91 Å². The summed E-state index contributed by atoms with van der Waals surface area (Å²) in [6.45, 7) is 3.69. The maximum Gasteiger partial charge on any atom is 0.225 e. The van der Waals surface area contributed by atoms with Gasteiger partial charge in [-0.25, -0.2) is 0 Å². The van der Waals surface area contributed by atoms with Crippen LogP contribution in [0, 0.1) is 19.8 Å². The molecule has 1 N–H and O–H groups in total. The number of amides is 1. The Balaban J connectivity index is 1.58. The summed E-state index contributed by atoms with van der Waals surface area (Å²) in [4.78, 5) is 17.7. The number of benzene rings is 1. The van der Waals surface area contributed by atoms with Crippen LogP contribution >= 0.6 is 0 Å². The van der Waals surface area contributed by atoms with Crippen LogP contribution in [0.1, 0.15) is 56.4 Å². The number of carbonyl (C=O) groups is 1. The number of fused-ring (bicyclic) bond motifs is 1. The van der Waals surface area contributed by atoms with Crippen molar-refractivity contribution in [3.05, 3.63) is 41.9 Å². The topological polar surface area (TPSA) is 111 Å². The molecule has 0 saturated heterocycles. The summed E-state index contributed by atoms with van der Waals surface area (Å²) in [5, 5.41) is 7.97. The number of hydrogen-bond acceptors (Lipinski definition) is 6. The van der Waals surface area contributed by atoms with Gasteiger partial charge in [-0.3, -0.25) is 18.3 Å². The quantitative estimate of drug-likeness (QED) is 0.525. The standard InChI is InChI=1S/C25H30N4O4S/c1-15-24(16(2)33-28-15)17-13-21-19(10-6-12-26-21)23(14-17)29(34(31)32)22-11-5-9-20(22)25(30)27-18-7-3-4-8-18/h6,10,12-14,18,20,22H,3-5,7-9,11H2,1-2H3,(H,27,30)(H,31,32)/p-1/t20-,22+/m0/s1. The van der Waals surface area contributed by atoms with E-state index in [2.05, 4.69) is 15.5 Å². The van der Waals surface area contributed by atoms with Crippen LogP contribution < -0.4 is 9.62 Å². The van der Waals surface area contributed by atoms with E-state index >= 15 is 0 Å². The number of aryl methyl sites for hydroxylation is 2. The van der Waals surface area contributed by atoms with E-state index in [9.17, 15) is 13.6 Å². The summed E-state index contributed by atoms with van der Waals surface area (Å²) in [5.41, 5.74) is 3.54. The number of nitrogens with one attached hydrogen (secondary N) is 1. The van der Waals surface area contributed by atoms with E-state index in [4.69, 9.17) is 4.52 Å². The number of pyridine rings is 1. The van der Waals surface area contributed by atoms with Crippen molar-refractivity contribution in [2.24, 2.45) is 5.92 Å². The first-order chi connectivity index (χ1) is 16.4. The molecule has 2 aliphatic carbocycles. The van der Waals surface area contributed by atoms with E-state index in [0.717, 1.165) is 54.3 Å². The first-order valence-corrected chi connectivity index (χ1v) is 13.0. The molecular weight excluding hydrogens is 452 g/mol. The molecule has 1 unspecified atom stereocenters. The average molecular weight is 482 g/mol. The molecule has 8 nitrogen and oxygen atoms in total. The van der Waals surface area contributed by atoms with Crippen molar-refractivity contribution in [2.45, 2.75) is 70.9 Å². The van der Waals surface area contributed by atoms with Gasteiger partial charge in [-0.05, 0) is 69.4 Å². The largest absolute Gasteiger partial charge is 0.755 e. The Hall–Kier alpha value is -2.78. The predicted octanol–water partition coefficient (Wildman–Crippen LogP) is 4.33. The van der Waals surface area contributed by atoms with Crippen molar-refractivity contribution in [3.8, 4) is 11.1 Å². The Morgan fingerprint density at radius 1 is 1.18 bits per heavy atom. The summed E-state index contributed by atoms with van der Waals surface area (Å²) >= 11 is -2.57. The summed E-state index contributed by atoms with van der Waals surface area (Å²) < 4.78 is 32.2. The lowest BCUT2D eigenvalue weighted by Gasteiger charge is -2.36. The predicted molar refractivity (Wildman–Crippen MR) is 130 cm³/mol. The molecule has 0 aliphatic heterocycles. The fraction of sp³-hybridized carbons (Fsp3) is 0.480. The minimum atomic E-state index is -2.57. The molecule has 2 heterocycles. The fourth-order valence-corrected chi connectivity index (χ4v) is 6.44. The third-order valence-electron chi connectivity index (χ3n) is 7.24. The van der Waals surface area contributed by atoms with Crippen LogP contribution in [0.25, 0.3) is 22.0 Å². The van der Waals surface area contributed by atoms with Gasteiger partial charge in [0.1, 0.15) is 5.76 Å². The van der Waals surface area contributed by atoms with E-state index < -0.39 is 17.3 Å². The first-order valence-electron chi connectivity index (χ1n) is 11.9. The van der Waals surface area contributed by atoms with E-state index in [0.29, 0.717) is 29.8 Å².